The first-order valence-corrected chi connectivity index (χ1v) is 37.9. The minimum atomic E-state index is -1.15. The van der Waals surface area contributed by atoms with Crippen molar-refractivity contribution in [3.8, 4) is 5.75 Å². The number of nitrogens with one attached hydrogen (secondary N) is 7. The van der Waals surface area contributed by atoms with E-state index in [1.807, 2.05) is 60.5 Å². The smallest absolute Gasteiger partial charge is 0.407 e. The number of primary amides is 2. The molecule has 2 aliphatic heterocycles. The molecule has 13 amide bonds. The molecule has 2 saturated heterocycles. The summed E-state index contributed by atoms with van der Waals surface area (Å²) < 4.78 is 23.2. The summed E-state index contributed by atoms with van der Waals surface area (Å²) in [5.74, 6) is -5.43. The molecule has 11 N–H and O–H groups in total. The maximum Gasteiger partial charge on any atom is 0.407 e. The van der Waals surface area contributed by atoms with Crippen molar-refractivity contribution in [3.05, 3.63) is 59.7 Å². The lowest BCUT2D eigenvalue weighted by molar-refractivity contribution is -0.148. The van der Waals surface area contributed by atoms with Crippen molar-refractivity contribution in [1.82, 2.24) is 51.5 Å². The van der Waals surface area contributed by atoms with E-state index in [2.05, 4.69) is 37.2 Å². The lowest BCUT2D eigenvalue weighted by atomic mass is 9.89. The number of urea groups is 1. The van der Waals surface area contributed by atoms with Crippen molar-refractivity contribution in [3.63, 3.8) is 0 Å². The molecule has 2 heterocycles. The van der Waals surface area contributed by atoms with Crippen LogP contribution in [-0.4, -0.2) is 231 Å². The molecule has 0 aromatic heterocycles. The van der Waals surface area contributed by atoms with Gasteiger partial charge in [-0.05, 0) is 118 Å². The first-order chi connectivity index (χ1) is 50.1. The van der Waals surface area contributed by atoms with E-state index in [-0.39, 0.29) is 136 Å². The molecular formula is C75H117N13O17S. The van der Waals surface area contributed by atoms with Crippen LogP contribution >= 0.6 is 11.8 Å². The van der Waals surface area contributed by atoms with Crippen molar-refractivity contribution in [2.45, 2.75) is 212 Å². The lowest BCUT2D eigenvalue weighted by Crippen LogP contribution is -2.59. The van der Waals surface area contributed by atoms with Gasteiger partial charge in [-0.15, -0.1) is 11.8 Å². The predicted molar refractivity (Wildman–Crippen MR) is 400 cm³/mol. The third-order valence-corrected chi connectivity index (χ3v) is 21.7. The largest absolute Gasteiger partial charge is 0.497 e. The third-order valence-electron chi connectivity index (χ3n) is 20.2. The van der Waals surface area contributed by atoms with Crippen LogP contribution in [-0.2, 0) is 68.8 Å². The van der Waals surface area contributed by atoms with E-state index >= 15 is 4.79 Å². The number of rotatable bonds is 45. The molecule has 0 spiro atoms. The second kappa shape index (κ2) is 42.2. The summed E-state index contributed by atoms with van der Waals surface area (Å²) in [7, 11) is 9.60. The number of unbranched alkanes of at least 4 members (excludes halogenated alkanes) is 2. The topological polar surface area (TPSA) is 408 Å². The van der Waals surface area contributed by atoms with Crippen LogP contribution in [0.3, 0.4) is 0 Å². The zero-order valence-electron chi connectivity index (χ0n) is 64.5. The zero-order valence-corrected chi connectivity index (χ0v) is 65.3. The van der Waals surface area contributed by atoms with E-state index in [1.165, 1.54) is 42.9 Å². The van der Waals surface area contributed by atoms with Gasteiger partial charge in [-0.3, -0.25) is 62.5 Å². The summed E-state index contributed by atoms with van der Waals surface area (Å²) in [6, 6.07) is 6.24. The number of carbonyl (C=O) groups is 13. The van der Waals surface area contributed by atoms with E-state index in [9.17, 15) is 57.5 Å². The minimum Gasteiger partial charge on any atom is -0.497 e. The Labute approximate surface area is 628 Å². The molecule has 0 bridgehead atoms. The second-order valence-corrected chi connectivity index (χ2v) is 30.8. The summed E-state index contributed by atoms with van der Waals surface area (Å²) in [6.45, 7) is 16.2. The van der Waals surface area contributed by atoms with Crippen molar-refractivity contribution < 1.29 is 81.3 Å². The SMILES string of the molecule is CC[C@H](C)[C@@H]([C@@H](CC(=O)N1C[C@@H](NC(=O)OCc2ccc(NC(=O)[C@H](CCCNC(N)=O)NC(=O)[C@@H](NC(=O)CCCCCN3C(=O)CC(SCC4(CC(N)=O)CC4)C3=O)C(C)C)cc2)C[C@H]1[C@H](OC)[C@@H](C)C(=O)NCC(=O)c1cccc(OC)c1)OC)N(C)C(=O)[C@@H](NC(=O)[C@H](C(C)C)N(C)C)C(C)C. The molecule has 1 saturated carbocycles. The van der Waals surface area contributed by atoms with E-state index in [0.717, 1.165) is 12.8 Å². The van der Waals surface area contributed by atoms with Gasteiger partial charge in [-0.25, -0.2) is 9.59 Å². The summed E-state index contributed by atoms with van der Waals surface area (Å²) in [6.07, 6.45) is 1.54. The fourth-order valence-electron chi connectivity index (χ4n) is 13.8. The number of imide groups is 1. The average molecular weight is 1500 g/mol. The normalized spacial score (nSPS) is 18.7. The van der Waals surface area contributed by atoms with E-state index in [0.29, 0.717) is 54.0 Å². The van der Waals surface area contributed by atoms with Crippen LogP contribution in [0.2, 0.25) is 0 Å². The highest BCUT2D eigenvalue weighted by molar-refractivity contribution is 8.00. The van der Waals surface area contributed by atoms with Crippen LogP contribution in [0.1, 0.15) is 162 Å². The number of amides is 13. The number of benzene rings is 2. The van der Waals surface area contributed by atoms with Crippen LogP contribution in [0.5, 0.6) is 5.75 Å². The number of Topliss-reactive ketones (excluding diaryl/α,β-unsaturated/α-hetero) is 1. The fraction of sp³-hybridized carbons (Fsp3) is 0.667. The quantitative estimate of drug-likeness (QED) is 0.0248. The number of likely N-dealkylation sites (tertiary alicyclic amines) is 2. The lowest BCUT2D eigenvalue weighted by Gasteiger charge is -2.41. The Kier molecular flexibility index (Phi) is 35.1. The monoisotopic (exact) mass is 1500 g/mol. The van der Waals surface area contributed by atoms with Crippen molar-refractivity contribution >= 4 is 94.4 Å². The van der Waals surface area contributed by atoms with Crippen LogP contribution in [0.15, 0.2) is 48.5 Å². The average Bonchev–Trinajstić information content (AvgIpc) is 1.62. The molecule has 12 atom stereocenters. The number of ether oxygens (including phenoxy) is 4. The molecule has 0 radical (unpaired) electrons. The van der Waals surface area contributed by atoms with Crippen molar-refractivity contribution in [1.29, 1.82) is 0 Å². The first-order valence-electron chi connectivity index (χ1n) is 36.8. The number of hydrogen-bond acceptors (Lipinski definition) is 19. The number of nitrogens with zero attached hydrogens (tertiary/aromatic N) is 4. The molecule has 590 valence electrons. The number of carbonyl (C=O) groups excluding carboxylic acids is 13. The molecule has 30 nitrogen and oxygen atoms in total. The number of hydrogen-bond donors (Lipinski definition) is 9. The van der Waals surface area contributed by atoms with Crippen LogP contribution < -0.4 is 53.4 Å². The minimum absolute atomic E-state index is 0.0513. The van der Waals surface area contributed by atoms with Gasteiger partial charge in [-0.2, -0.15) is 0 Å². The van der Waals surface area contributed by atoms with Crippen LogP contribution in [0.4, 0.5) is 15.3 Å². The summed E-state index contributed by atoms with van der Waals surface area (Å²) in [5, 5.41) is 19.0. The third kappa shape index (κ3) is 26.2. The van der Waals surface area contributed by atoms with Gasteiger partial charge in [0.25, 0.3) is 0 Å². The summed E-state index contributed by atoms with van der Waals surface area (Å²) in [4.78, 5) is 181. The molecule has 3 aliphatic rings. The molecule has 1 aliphatic carbocycles. The Morgan fingerprint density at radius 1 is 0.755 bits per heavy atom. The van der Waals surface area contributed by atoms with Gasteiger partial charge in [0.1, 0.15) is 30.5 Å². The number of likely N-dealkylation sites (N-methyl/N-ethyl adjacent to an activating group) is 2. The Balaban J connectivity index is 1.24. The Morgan fingerprint density at radius 3 is 2.02 bits per heavy atom. The Morgan fingerprint density at radius 2 is 1.43 bits per heavy atom. The van der Waals surface area contributed by atoms with E-state index < -0.39 is 113 Å². The Bertz CT molecular complexity index is 3350. The number of anilines is 1. The van der Waals surface area contributed by atoms with E-state index in [1.54, 1.807) is 81.2 Å². The van der Waals surface area contributed by atoms with Gasteiger partial charge in [0.05, 0.1) is 67.6 Å². The number of alkyl carbamates (subject to hydrolysis) is 1. The second-order valence-electron chi connectivity index (χ2n) is 29.6. The first kappa shape index (κ1) is 88.2. The van der Waals surface area contributed by atoms with Gasteiger partial charge >= 0.3 is 12.1 Å². The van der Waals surface area contributed by atoms with Gasteiger partial charge in [0.2, 0.25) is 59.1 Å². The number of nitrogens with two attached hydrogens (primary N) is 2. The number of thioether (sulfide) groups is 1. The van der Waals surface area contributed by atoms with Gasteiger partial charge in [0.15, 0.2) is 5.78 Å². The van der Waals surface area contributed by atoms with Gasteiger partial charge in [-0.1, -0.05) is 99.4 Å². The van der Waals surface area contributed by atoms with Gasteiger partial charge < -0.3 is 77.4 Å². The highest BCUT2D eigenvalue weighted by Gasteiger charge is 2.49. The van der Waals surface area contributed by atoms with Crippen molar-refractivity contribution in [2.24, 2.45) is 46.5 Å². The maximum atomic E-state index is 15.1. The highest BCUT2D eigenvalue weighted by Crippen LogP contribution is 2.52. The molecule has 2 aromatic carbocycles. The molecule has 2 aromatic rings. The molecule has 5 rings (SSSR count). The molecular weight excluding hydrogens is 1390 g/mol. The number of ketones is 1. The molecule has 106 heavy (non-hydrogen) atoms. The molecule has 3 fully saturated rings. The standard InChI is InChI=1S/C75H117N13O17S/c1-16-46(8)65(86(12)72(99)63(44(4)5)84-70(97)64(45(6)7)85(10)11)56(103-14)36-60(92)88-40-51(35-54(88)66(104-15)47(9)67(94)79-39-55(89)49-22-20-23-52(34-49)102-13)81-74(101)105-41-48-26-28-50(29-27-48)80-68(95)53(24-21-32-78-73(77)100)82-69(96)62(43(2)3)83-59(91)25-18-17-19-33-87-61(93)37-57(71(87)98)106-42-75(30-31-75)38-58(76)90/h20,22-23,26-29,34,43-47,51,53-54,56-57,62-66H,16-19,21,24-25,30-33,35-42H2,1-15H3,(H2,76,90)(H,79,94)(H,80,95)(H,81,101)(H,82,96)(H,83,91)(H,84,97)(H3,77,78,100)/t46-,47+,51-,53-,54-,56+,57?,62-,63-,64-,65-,66+/m0/s1. The van der Waals surface area contributed by atoms with E-state index in [4.69, 9.17) is 30.4 Å². The summed E-state index contributed by atoms with van der Waals surface area (Å²) in [5.41, 5.74) is 11.7. The highest BCUT2D eigenvalue weighted by atomic mass is 32.2. The zero-order chi connectivity index (χ0) is 78.9. The summed E-state index contributed by atoms with van der Waals surface area (Å²) >= 11 is 1.40. The predicted octanol–water partition coefficient (Wildman–Crippen LogP) is 4.64. The Hall–Kier alpha value is -8.42. The van der Waals surface area contributed by atoms with Crippen LogP contribution in [0, 0.1) is 35.0 Å². The van der Waals surface area contributed by atoms with Crippen LogP contribution in [0.25, 0.3) is 0 Å². The van der Waals surface area contributed by atoms with Crippen molar-refractivity contribution in [2.75, 3.05) is 79.7 Å². The maximum absolute atomic E-state index is 15.1. The van der Waals surface area contributed by atoms with Gasteiger partial charge in [0, 0.05) is 77.2 Å². The number of methoxy groups -OCH3 is 3. The molecule has 31 heteroatoms. The molecule has 1 unspecified atom stereocenters. The fourth-order valence-corrected chi connectivity index (χ4v) is 15.3.